The van der Waals surface area contributed by atoms with Crippen LogP contribution in [0, 0.1) is 0 Å². The summed E-state index contributed by atoms with van der Waals surface area (Å²) >= 11 is 0. The molecule has 0 aliphatic heterocycles. The predicted octanol–water partition coefficient (Wildman–Crippen LogP) is 13.0. The second-order valence-corrected chi connectivity index (χ2v) is 16.3. The van der Waals surface area contributed by atoms with Crippen molar-refractivity contribution in [3.8, 4) is 56.4 Å². The number of hydrogen-bond acceptors (Lipinski definition) is 5. The summed E-state index contributed by atoms with van der Waals surface area (Å²) in [6.45, 7) is 2.28. The lowest BCUT2D eigenvalue weighted by Crippen LogP contribution is -2.35. The van der Waals surface area contributed by atoms with Crippen LogP contribution in [0.4, 0.5) is 0 Å². The highest BCUT2D eigenvalue weighted by atomic mass is 15.0. The van der Waals surface area contributed by atoms with Crippen molar-refractivity contribution >= 4 is 5.57 Å². The molecule has 3 heterocycles. The number of fused-ring (bicyclic) bond motifs is 2. The van der Waals surface area contributed by atoms with Crippen molar-refractivity contribution in [2.45, 2.75) is 24.2 Å². The molecule has 0 bridgehead atoms. The molecule has 0 saturated heterocycles. The molecular weight excluding hydrogens is 755 g/mol. The molecule has 62 heavy (non-hydrogen) atoms. The third kappa shape index (κ3) is 6.38. The third-order valence-electron chi connectivity index (χ3n) is 12.5. The molecule has 1 unspecified atom stereocenters. The number of rotatable bonds is 8. The van der Waals surface area contributed by atoms with Gasteiger partial charge in [0.2, 0.25) is 0 Å². The van der Waals surface area contributed by atoms with Crippen LogP contribution in [-0.4, -0.2) is 24.9 Å². The summed E-state index contributed by atoms with van der Waals surface area (Å²) in [6.07, 6.45) is 9.05. The first-order chi connectivity index (χ1) is 30.6. The molecule has 0 radical (unpaired) electrons. The van der Waals surface area contributed by atoms with Gasteiger partial charge in [0.05, 0.1) is 16.8 Å². The van der Waals surface area contributed by atoms with Crippen LogP contribution in [0.15, 0.2) is 224 Å². The second-order valence-electron chi connectivity index (χ2n) is 16.3. The molecule has 0 spiro atoms. The van der Waals surface area contributed by atoms with Crippen molar-refractivity contribution in [2.24, 2.45) is 0 Å². The smallest absolute Gasteiger partial charge is 0.163 e. The van der Waals surface area contributed by atoms with Crippen LogP contribution >= 0.6 is 0 Å². The molecule has 0 amide bonds. The monoisotopic (exact) mass is 795 g/mol. The van der Waals surface area contributed by atoms with Crippen molar-refractivity contribution in [3.63, 3.8) is 0 Å². The normalized spacial score (nSPS) is 16.1. The highest BCUT2D eigenvalue weighted by molar-refractivity contribution is 5.93. The Bertz CT molecular complexity index is 2980. The molecule has 6 aromatic carbocycles. The van der Waals surface area contributed by atoms with Crippen molar-refractivity contribution in [3.05, 3.63) is 252 Å². The van der Waals surface area contributed by atoms with Gasteiger partial charge in [-0.15, -0.1) is 0 Å². The highest BCUT2D eigenvalue weighted by Crippen LogP contribution is 2.60. The van der Waals surface area contributed by atoms with Gasteiger partial charge in [-0.3, -0.25) is 9.97 Å². The lowest BCUT2D eigenvalue weighted by molar-refractivity contribution is 0.512. The number of allylic oxidation sites excluding steroid dienone is 4. The Hall–Kier alpha value is -7.89. The minimum absolute atomic E-state index is 0.566. The molecule has 1 atom stereocenters. The molecule has 5 nitrogen and oxygen atoms in total. The average Bonchev–Trinajstić information content (AvgIpc) is 3.64. The van der Waals surface area contributed by atoms with Gasteiger partial charge in [-0.2, -0.15) is 0 Å². The zero-order valence-electron chi connectivity index (χ0n) is 34.2. The first kappa shape index (κ1) is 37.1. The number of aromatic nitrogens is 5. The maximum absolute atomic E-state index is 5.30. The van der Waals surface area contributed by atoms with E-state index >= 15 is 0 Å². The Kier molecular flexibility index (Phi) is 9.16. The summed E-state index contributed by atoms with van der Waals surface area (Å²) in [7, 11) is 0. The van der Waals surface area contributed by atoms with E-state index in [9.17, 15) is 0 Å². The molecule has 0 N–H and O–H groups in total. The topological polar surface area (TPSA) is 64.5 Å². The number of pyridine rings is 2. The van der Waals surface area contributed by atoms with E-state index in [1.54, 1.807) is 0 Å². The average molecular weight is 796 g/mol. The minimum atomic E-state index is -0.616. The van der Waals surface area contributed by atoms with Gasteiger partial charge in [-0.05, 0) is 106 Å². The van der Waals surface area contributed by atoms with Gasteiger partial charge in [-0.1, -0.05) is 158 Å². The largest absolute Gasteiger partial charge is 0.256 e. The van der Waals surface area contributed by atoms with Gasteiger partial charge in [-0.25, -0.2) is 15.0 Å². The van der Waals surface area contributed by atoms with Gasteiger partial charge in [0.1, 0.15) is 5.82 Å². The molecular formula is C57H41N5. The second kappa shape index (κ2) is 15.3. The van der Waals surface area contributed by atoms with E-state index in [-0.39, 0.29) is 0 Å². The van der Waals surface area contributed by atoms with E-state index in [1.165, 1.54) is 33.4 Å². The highest BCUT2D eigenvalue weighted by Gasteiger charge is 2.51. The van der Waals surface area contributed by atoms with Gasteiger partial charge in [0, 0.05) is 40.1 Å². The zero-order chi connectivity index (χ0) is 41.5. The number of nitrogens with zero attached hydrogens (tertiary/aromatic N) is 5. The van der Waals surface area contributed by atoms with Gasteiger partial charge < -0.3 is 0 Å². The molecule has 5 heteroatoms. The lowest BCUT2D eigenvalue weighted by Gasteiger charge is -2.40. The maximum Gasteiger partial charge on any atom is 0.163 e. The van der Waals surface area contributed by atoms with E-state index in [0.29, 0.717) is 18.1 Å². The third-order valence-corrected chi connectivity index (χ3v) is 12.5. The Morgan fingerprint density at radius 1 is 0.435 bits per heavy atom. The van der Waals surface area contributed by atoms with Crippen LogP contribution in [0.3, 0.4) is 0 Å². The van der Waals surface area contributed by atoms with Gasteiger partial charge >= 0.3 is 0 Å². The zero-order valence-corrected chi connectivity index (χ0v) is 34.2. The van der Waals surface area contributed by atoms with E-state index < -0.39 is 10.8 Å². The summed E-state index contributed by atoms with van der Waals surface area (Å²) in [5.74, 6) is 2.07. The van der Waals surface area contributed by atoms with E-state index in [2.05, 4.69) is 153 Å². The molecule has 11 rings (SSSR count). The molecule has 9 aromatic rings. The molecule has 2 aliphatic carbocycles. The summed E-state index contributed by atoms with van der Waals surface area (Å²) in [5.41, 5.74) is 14.4. The van der Waals surface area contributed by atoms with E-state index in [4.69, 9.17) is 24.9 Å². The Balaban J connectivity index is 1.11. The van der Waals surface area contributed by atoms with Gasteiger partial charge in [0.15, 0.2) is 11.6 Å². The van der Waals surface area contributed by atoms with E-state index in [1.807, 2.05) is 73.1 Å². The summed E-state index contributed by atoms with van der Waals surface area (Å²) in [4.78, 5) is 25.2. The van der Waals surface area contributed by atoms with E-state index in [0.717, 1.165) is 50.6 Å². The summed E-state index contributed by atoms with van der Waals surface area (Å²) in [5, 5.41) is 0. The van der Waals surface area contributed by atoms with Crippen molar-refractivity contribution in [1.82, 2.24) is 24.9 Å². The standard InChI is InChI=1S/C57H41N5/c1-56(55-61-53(39-18-6-2-7-19-39)60-54(62-55)40-20-8-3-9-21-40)31-30-48-47-29-28-41(42-34-43(51-26-14-16-32-58-51)36-44(35-42)52-27-15-17-33-59-52)37-49(47)57(50(48)38-56,45-22-10-4-11-23-45)46-24-12-5-13-25-46/h2-37H,38H2,1H3. The molecule has 2 aliphatic rings. The number of benzene rings is 6. The molecule has 0 saturated carbocycles. The summed E-state index contributed by atoms with van der Waals surface area (Å²) in [6, 6.07) is 68.4. The molecule has 0 fully saturated rings. The number of hydrogen-bond donors (Lipinski definition) is 0. The van der Waals surface area contributed by atoms with Crippen LogP contribution in [0.5, 0.6) is 0 Å². The SMILES string of the molecule is CC1(c2nc(-c3ccccc3)nc(-c3ccccc3)n2)C=CC2=C(C1)C(c1ccccc1)(c1ccccc1)c1cc(-c3cc(-c4ccccn4)cc(-c4ccccn4)c3)ccc12. The van der Waals surface area contributed by atoms with Gasteiger partial charge in [0.25, 0.3) is 0 Å². The Labute approximate surface area is 362 Å². The van der Waals surface area contributed by atoms with Crippen LogP contribution < -0.4 is 0 Å². The maximum atomic E-state index is 5.30. The predicted molar refractivity (Wildman–Crippen MR) is 250 cm³/mol. The quantitative estimate of drug-likeness (QED) is 0.153. The van der Waals surface area contributed by atoms with Crippen LogP contribution in [0.25, 0.3) is 62.0 Å². The van der Waals surface area contributed by atoms with Crippen LogP contribution in [-0.2, 0) is 10.8 Å². The van der Waals surface area contributed by atoms with Crippen molar-refractivity contribution < 1.29 is 0 Å². The fourth-order valence-corrected chi connectivity index (χ4v) is 9.48. The fraction of sp³-hybridized carbons (Fsp3) is 0.0702. The molecule has 3 aromatic heterocycles. The Morgan fingerprint density at radius 2 is 0.935 bits per heavy atom. The summed E-state index contributed by atoms with van der Waals surface area (Å²) < 4.78 is 0. The van der Waals surface area contributed by atoms with Crippen molar-refractivity contribution in [1.29, 1.82) is 0 Å². The van der Waals surface area contributed by atoms with Crippen molar-refractivity contribution in [2.75, 3.05) is 0 Å². The van der Waals surface area contributed by atoms with Crippen LogP contribution in [0.1, 0.15) is 41.4 Å². The fourth-order valence-electron chi connectivity index (χ4n) is 9.48. The first-order valence-electron chi connectivity index (χ1n) is 21.1. The minimum Gasteiger partial charge on any atom is -0.256 e. The molecule has 294 valence electrons. The van der Waals surface area contributed by atoms with Crippen LogP contribution in [0.2, 0.25) is 0 Å². The lowest BCUT2D eigenvalue weighted by atomic mass is 9.62. The Morgan fingerprint density at radius 3 is 1.45 bits per heavy atom. The first-order valence-corrected chi connectivity index (χ1v) is 21.1.